The highest BCUT2D eigenvalue weighted by atomic mass is 19.1. The van der Waals surface area contributed by atoms with E-state index < -0.39 is 17.8 Å². The Kier molecular flexibility index (Phi) is 6.43. The highest BCUT2D eigenvalue weighted by Crippen LogP contribution is 2.14. The third-order valence-electron chi connectivity index (χ3n) is 3.47. The Morgan fingerprint density at radius 1 is 1.04 bits per heavy atom. The van der Waals surface area contributed by atoms with Crippen LogP contribution in [0.2, 0.25) is 0 Å². The molecule has 136 valence electrons. The molecule has 2 aromatic carbocycles. The van der Waals surface area contributed by atoms with Gasteiger partial charge in [0.2, 0.25) is 12.0 Å². The molecular weight excluding hydrogens is 337 g/mol. The van der Waals surface area contributed by atoms with E-state index in [1.54, 1.807) is 37.3 Å². The number of nitrogens with one attached hydrogen (secondary N) is 2. The quantitative estimate of drug-likeness (QED) is 0.613. The number of hydrogen-bond acceptors (Lipinski definition) is 4. The number of hydrogen-bond donors (Lipinski definition) is 2. The molecule has 0 bridgehead atoms. The van der Waals surface area contributed by atoms with Gasteiger partial charge in [0.1, 0.15) is 5.82 Å². The zero-order valence-electron chi connectivity index (χ0n) is 14.7. The van der Waals surface area contributed by atoms with Gasteiger partial charge in [-0.25, -0.2) is 4.39 Å². The van der Waals surface area contributed by atoms with Crippen LogP contribution in [0.4, 0.5) is 15.8 Å². The molecular formula is C19H20FN3O3. The Morgan fingerprint density at radius 3 is 2.31 bits per heavy atom. The molecule has 0 radical (unpaired) electrons. The van der Waals surface area contributed by atoms with E-state index in [9.17, 15) is 14.0 Å². The van der Waals surface area contributed by atoms with E-state index in [-0.39, 0.29) is 11.6 Å². The summed E-state index contributed by atoms with van der Waals surface area (Å²) >= 11 is 0. The Hall–Kier alpha value is -3.22. The molecule has 26 heavy (non-hydrogen) atoms. The number of carbonyl (C=O) groups excluding carboxylic acids is 2. The van der Waals surface area contributed by atoms with E-state index in [0.717, 1.165) is 5.56 Å². The van der Waals surface area contributed by atoms with Crippen LogP contribution < -0.4 is 10.6 Å². The standard InChI is InChI=1S/C19H20FN3O3/c1-12(15-8-10-16(11-9-15)21-14(3)24)23-26-13(2)19(25)22-18-7-5-4-6-17(18)20/h4-11,13H,1-3H3,(H,21,24)(H,22,25)/b23-12+. The van der Waals surface area contributed by atoms with Gasteiger partial charge < -0.3 is 15.5 Å². The van der Waals surface area contributed by atoms with Crippen molar-refractivity contribution in [3.8, 4) is 0 Å². The Bertz CT molecular complexity index is 819. The van der Waals surface area contributed by atoms with Crippen molar-refractivity contribution in [1.29, 1.82) is 0 Å². The lowest BCUT2D eigenvalue weighted by Gasteiger charge is -2.12. The number of nitrogens with zero attached hydrogens (tertiary/aromatic N) is 1. The third kappa shape index (κ3) is 5.41. The summed E-state index contributed by atoms with van der Waals surface area (Å²) in [6.07, 6.45) is -0.900. The van der Waals surface area contributed by atoms with Crippen LogP contribution in [-0.4, -0.2) is 23.6 Å². The molecule has 2 rings (SSSR count). The first kappa shape index (κ1) is 19.1. The van der Waals surface area contributed by atoms with Gasteiger partial charge in [-0.3, -0.25) is 9.59 Å². The first-order chi connectivity index (χ1) is 12.4. The lowest BCUT2D eigenvalue weighted by molar-refractivity contribution is -0.126. The van der Waals surface area contributed by atoms with E-state index in [2.05, 4.69) is 15.8 Å². The first-order valence-electron chi connectivity index (χ1n) is 8.00. The van der Waals surface area contributed by atoms with E-state index in [0.29, 0.717) is 11.4 Å². The zero-order chi connectivity index (χ0) is 19.1. The highest BCUT2D eigenvalue weighted by Gasteiger charge is 2.16. The van der Waals surface area contributed by atoms with Crippen LogP contribution in [0.5, 0.6) is 0 Å². The molecule has 0 aliphatic heterocycles. The maximum absolute atomic E-state index is 13.6. The summed E-state index contributed by atoms with van der Waals surface area (Å²) < 4.78 is 13.6. The number of carbonyl (C=O) groups is 2. The molecule has 6 nitrogen and oxygen atoms in total. The second-order valence-corrected chi connectivity index (χ2v) is 5.65. The maximum Gasteiger partial charge on any atom is 0.268 e. The molecule has 0 fully saturated rings. The van der Waals surface area contributed by atoms with Crippen LogP contribution in [0.15, 0.2) is 53.7 Å². The number of rotatable bonds is 6. The Labute approximate surface area is 151 Å². The predicted molar refractivity (Wildman–Crippen MR) is 98.5 cm³/mol. The van der Waals surface area contributed by atoms with Crippen LogP contribution in [0.25, 0.3) is 0 Å². The van der Waals surface area contributed by atoms with Crippen LogP contribution in [-0.2, 0) is 14.4 Å². The van der Waals surface area contributed by atoms with Gasteiger partial charge in [0.15, 0.2) is 0 Å². The van der Waals surface area contributed by atoms with Gasteiger partial charge in [0.05, 0.1) is 11.4 Å². The minimum Gasteiger partial charge on any atom is -0.382 e. The summed E-state index contributed by atoms with van der Waals surface area (Å²) in [4.78, 5) is 28.3. The van der Waals surface area contributed by atoms with E-state index in [4.69, 9.17) is 4.84 Å². The summed E-state index contributed by atoms with van der Waals surface area (Å²) in [6.45, 7) is 4.68. The van der Waals surface area contributed by atoms with Crippen LogP contribution in [0.1, 0.15) is 26.3 Å². The van der Waals surface area contributed by atoms with E-state index in [1.165, 1.54) is 32.0 Å². The number of amides is 2. The average molecular weight is 357 g/mol. The zero-order valence-corrected chi connectivity index (χ0v) is 14.7. The van der Waals surface area contributed by atoms with Crippen molar-refractivity contribution in [2.24, 2.45) is 5.16 Å². The fraction of sp³-hybridized carbons (Fsp3) is 0.211. The lowest BCUT2D eigenvalue weighted by Crippen LogP contribution is -2.27. The maximum atomic E-state index is 13.6. The topological polar surface area (TPSA) is 79.8 Å². The molecule has 7 heteroatoms. The minimum atomic E-state index is -0.900. The number of para-hydroxylation sites is 1. The number of halogens is 1. The summed E-state index contributed by atoms with van der Waals surface area (Å²) in [7, 11) is 0. The van der Waals surface area contributed by atoms with Gasteiger partial charge in [-0.1, -0.05) is 29.4 Å². The summed E-state index contributed by atoms with van der Waals surface area (Å²) in [5.41, 5.74) is 2.10. The minimum absolute atomic E-state index is 0.0854. The normalized spacial score (nSPS) is 12.2. The predicted octanol–water partition coefficient (Wildman–Crippen LogP) is 3.55. The van der Waals surface area contributed by atoms with Gasteiger partial charge in [-0.05, 0) is 43.7 Å². The smallest absolute Gasteiger partial charge is 0.268 e. The molecule has 0 aromatic heterocycles. The summed E-state index contributed by atoms with van der Waals surface area (Å²) in [6, 6.07) is 12.9. The van der Waals surface area contributed by atoms with Gasteiger partial charge in [0.25, 0.3) is 5.91 Å². The second kappa shape index (κ2) is 8.75. The van der Waals surface area contributed by atoms with Crippen molar-refractivity contribution < 1.29 is 18.8 Å². The van der Waals surface area contributed by atoms with Gasteiger partial charge >= 0.3 is 0 Å². The molecule has 1 unspecified atom stereocenters. The van der Waals surface area contributed by atoms with Crippen molar-refractivity contribution in [2.75, 3.05) is 10.6 Å². The molecule has 2 aromatic rings. The largest absolute Gasteiger partial charge is 0.382 e. The van der Waals surface area contributed by atoms with Crippen LogP contribution in [0, 0.1) is 5.82 Å². The van der Waals surface area contributed by atoms with Gasteiger partial charge in [-0.2, -0.15) is 0 Å². The number of oxime groups is 1. The molecule has 0 heterocycles. The van der Waals surface area contributed by atoms with Crippen molar-refractivity contribution in [3.63, 3.8) is 0 Å². The molecule has 2 N–H and O–H groups in total. The van der Waals surface area contributed by atoms with Gasteiger partial charge in [0, 0.05) is 12.6 Å². The summed E-state index contributed by atoms with van der Waals surface area (Å²) in [5, 5.41) is 9.07. The fourth-order valence-electron chi connectivity index (χ4n) is 2.05. The molecule has 1 atom stereocenters. The van der Waals surface area contributed by atoms with E-state index in [1.807, 2.05) is 0 Å². The van der Waals surface area contributed by atoms with Crippen molar-refractivity contribution >= 4 is 28.9 Å². The molecule has 0 saturated heterocycles. The van der Waals surface area contributed by atoms with E-state index >= 15 is 0 Å². The van der Waals surface area contributed by atoms with Gasteiger partial charge in [-0.15, -0.1) is 0 Å². The third-order valence-corrected chi connectivity index (χ3v) is 3.47. The molecule has 0 saturated carbocycles. The molecule has 0 aliphatic rings. The SMILES string of the molecule is CC(=O)Nc1ccc(/C(C)=N/OC(C)C(=O)Nc2ccccc2F)cc1. The van der Waals surface area contributed by atoms with Crippen molar-refractivity contribution in [3.05, 3.63) is 59.9 Å². The fourth-order valence-corrected chi connectivity index (χ4v) is 2.05. The number of anilines is 2. The van der Waals surface area contributed by atoms with Crippen molar-refractivity contribution in [1.82, 2.24) is 0 Å². The first-order valence-corrected chi connectivity index (χ1v) is 8.00. The Balaban J connectivity index is 1.95. The highest BCUT2D eigenvalue weighted by molar-refractivity contribution is 5.99. The molecule has 0 spiro atoms. The van der Waals surface area contributed by atoms with Crippen LogP contribution in [0.3, 0.4) is 0 Å². The van der Waals surface area contributed by atoms with Crippen molar-refractivity contribution in [2.45, 2.75) is 26.9 Å². The second-order valence-electron chi connectivity index (χ2n) is 5.65. The number of benzene rings is 2. The van der Waals surface area contributed by atoms with Crippen LogP contribution >= 0.6 is 0 Å². The lowest BCUT2D eigenvalue weighted by atomic mass is 10.1. The average Bonchev–Trinajstić information content (AvgIpc) is 2.61. The summed E-state index contributed by atoms with van der Waals surface area (Å²) in [5.74, 6) is -1.18. The molecule has 2 amide bonds. The Morgan fingerprint density at radius 2 is 1.69 bits per heavy atom. The monoisotopic (exact) mass is 357 g/mol. The molecule has 0 aliphatic carbocycles.